The molecule has 0 heterocycles. The Bertz CT molecular complexity index is 596. The molecule has 0 aliphatic heterocycles. The molecule has 0 spiro atoms. The van der Waals surface area contributed by atoms with Gasteiger partial charge in [0, 0.05) is 4.90 Å². The smallest absolute Gasteiger partial charge is 0.228 e. The first-order valence-electron chi connectivity index (χ1n) is 5.88. The normalized spacial score (nSPS) is 10.3. The molecule has 0 saturated carbocycles. The predicted molar refractivity (Wildman–Crippen MR) is 82.2 cm³/mol. The first-order valence-corrected chi connectivity index (χ1v) is 6.71. The van der Waals surface area contributed by atoms with Crippen LogP contribution in [0.25, 0.3) is 0 Å². The van der Waals surface area contributed by atoms with Crippen LogP contribution in [0, 0.1) is 6.92 Å². The van der Waals surface area contributed by atoms with E-state index in [4.69, 9.17) is 11.6 Å². The van der Waals surface area contributed by atoms with Crippen molar-refractivity contribution in [2.75, 3.05) is 5.32 Å². The number of hydrogen-bond donors (Lipinski definition) is 2. The van der Waals surface area contributed by atoms with Crippen LogP contribution < -0.4 is 5.32 Å². The SMILES string of the molecule is Cc1ccc(NC(=O)Cc2ccc(S)cc2)c(Cl)c1. The van der Waals surface area contributed by atoms with Gasteiger partial charge in [0.15, 0.2) is 0 Å². The van der Waals surface area contributed by atoms with Crippen LogP contribution in [0.1, 0.15) is 11.1 Å². The zero-order valence-corrected chi connectivity index (χ0v) is 12.1. The van der Waals surface area contributed by atoms with Gasteiger partial charge in [0.05, 0.1) is 17.1 Å². The van der Waals surface area contributed by atoms with Crippen molar-refractivity contribution in [1.82, 2.24) is 0 Å². The van der Waals surface area contributed by atoms with Crippen molar-refractivity contribution in [3.63, 3.8) is 0 Å². The molecule has 2 nitrogen and oxygen atoms in total. The Morgan fingerprint density at radius 2 is 1.89 bits per heavy atom. The fourth-order valence-electron chi connectivity index (χ4n) is 1.72. The largest absolute Gasteiger partial charge is 0.324 e. The summed E-state index contributed by atoms with van der Waals surface area (Å²) in [6, 6.07) is 13.1. The van der Waals surface area contributed by atoms with E-state index in [0.29, 0.717) is 17.1 Å². The van der Waals surface area contributed by atoms with Gasteiger partial charge in [-0.1, -0.05) is 29.8 Å². The molecule has 0 aliphatic carbocycles. The van der Waals surface area contributed by atoms with E-state index < -0.39 is 0 Å². The van der Waals surface area contributed by atoms with Gasteiger partial charge in [-0.2, -0.15) is 0 Å². The number of benzene rings is 2. The minimum atomic E-state index is -0.0855. The topological polar surface area (TPSA) is 29.1 Å². The Balaban J connectivity index is 2.03. The van der Waals surface area contributed by atoms with Crippen LogP contribution in [-0.4, -0.2) is 5.91 Å². The maximum atomic E-state index is 11.9. The van der Waals surface area contributed by atoms with Crippen LogP contribution in [0.15, 0.2) is 47.4 Å². The van der Waals surface area contributed by atoms with Crippen molar-refractivity contribution in [1.29, 1.82) is 0 Å². The summed E-state index contributed by atoms with van der Waals surface area (Å²) in [5, 5.41) is 3.37. The summed E-state index contributed by atoms with van der Waals surface area (Å²) in [6.07, 6.45) is 0.318. The third-order valence-corrected chi connectivity index (χ3v) is 3.31. The fourth-order valence-corrected chi connectivity index (χ4v) is 2.15. The molecule has 0 bridgehead atoms. The number of amides is 1. The van der Waals surface area contributed by atoms with E-state index in [1.165, 1.54) is 0 Å². The summed E-state index contributed by atoms with van der Waals surface area (Å²) in [5.74, 6) is -0.0855. The predicted octanol–water partition coefficient (Wildman–Crippen LogP) is 4.12. The third-order valence-electron chi connectivity index (χ3n) is 2.70. The molecule has 2 aromatic carbocycles. The quantitative estimate of drug-likeness (QED) is 0.819. The summed E-state index contributed by atoms with van der Waals surface area (Å²) in [4.78, 5) is 12.8. The lowest BCUT2D eigenvalue weighted by atomic mass is 10.1. The first kappa shape index (κ1) is 14.0. The number of hydrogen-bond acceptors (Lipinski definition) is 2. The number of aryl methyl sites for hydroxylation is 1. The summed E-state index contributed by atoms with van der Waals surface area (Å²) in [5.41, 5.74) is 2.65. The number of anilines is 1. The van der Waals surface area contributed by atoms with Crippen molar-refractivity contribution >= 4 is 35.8 Å². The fraction of sp³-hybridized carbons (Fsp3) is 0.133. The Kier molecular flexibility index (Phi) is 4.51. The van der Waals surface area contributed by atoms with Gasteiger partial charge >= 0.3 is 0 Å². The second-order valence-electron chi connectivity index (χ2n) is 4.37. The summed E-state index contributed by atoms with van der Waals surface area (Å²) < 4.78 is 0. The molecule has 0 radical (unpaired) electrons. The Morgan fingerprint density at radius 3 is 2.53 bits per heavy atom. The highest BCUT2D eigenvalue weighted by Gasteiger charge is 2.07. The average molecular weight is 292 g/mol. The van der Waals surface area contributed by atoms with E-state index in [1.54, 1.807) is 0 Å². The molecule has 0 aromatic heterocycles. The van der Waals surface area contributed by atoms with Crippen molar-refractivity contribution in [2.24, 2.45) is 0 Å². The molecule has 98 valence electrons. The van der Waals surface area contributed by atoms with E-state index in [-0.39, 0.29) is 5.91 Å². The zero-order valence-electron chi connectivity index (χ0n) is 10.5. The Morgan fingerprint density at radius 1 is 1.21 bits per heavy atom. The Labute approximate surface area is 123 Å². The van der Waals surface area contributed by atoms with Gasteiger partial charge in [0.25, 0.3) is 0 Å². The maximum absolute atomic E-state index is 11.9. The second-order valence-corrected chi connectivity index (χ2v) is 5.30. The minimum absolute atomic E-state index is 0.0855. The molecule has 19 heavy (non-hydrogen) atoms. The van der Waals surface area contributed by atoms with Crippen LogP contribution in [0.2, 0.25) is 5.02 Å². The molecule has 4 heteroatoms. The molecular weight excluding hydrogens is 278 g/mol. The highest BCUT2D eigenvalue weighted by Crippen LogP contribution is 2.22. The number of thiol groups is 1. The van der Waals surface area contributed by atoms with Gasteiger partial charge in [0.1, 0.15) is 0 Å². The second kappa shape index (κ2) is 6.13. The molecule has 2 rings (SSSR count). The first-order chi connectivity index (χ1) is 9.04. The van der Waals surface area contributed by atoms with Gasteiger partial charge in [-0.3, -0.25) is 4.79 Å². The van der Waals surface area contributed by atoms with Crippen LogP contribution in [0.5, 0.6) is 0 Å². The van der Waals surface area contributed by atoms with Crippen LogP contribution in [-0.2, 0) is 11.2 Å². The highest BCUT2D eigenvalue weighted by atomic mass is 35.5. The molecule has 1 amide bonds. The molecule has 0 unspecified atom stereocenters. The molecule has 0 saturated heterocycles. The summed E-state index contributed by atoms with van der Waals surface area (Å²) in [6.45, 7) is 1.95. The lowest BCUT2D eigenvalue weighted by molar-refractivity contribution is -0.115. The standard InChI is InChI=1S/C15H14ClNOS/c1-10-2-7-14(13(16)8-10)17-15(18)9-11-3-5-12(19)6-4-11/h2-8,19H,9H2,1H3,(H,17,18). The molecular formula is C15H14ClNOS. The van der Waals surface area contributed by atoms with Crippen molar-refractivity contribution in [3.05, 3.63) is 58.6 Å². The van der Waals surface area contributed by atoms with Gasteiger partial charge in [-0.15, -0.1) is 12.6 Å². The monoisotopic (exact) mass is 291 g/mol. The van der Waals surface area contributed by atoms with Crippen LogP contribution in [0.4, 0.5) is 5.69 Å². The zero-order chi connectivity index (χ0) is 13.8. The van der Waals surface area contributed by atoms with E-state index in [2.05, 4.69) is 17.9 Å². The van der Waals surface area contributed by atoms with Crippen molar-refractivity contribution in [3.8, 4) is 0 Å². The Hall–Kier alpha value is -1.45. The molecule has 2 aromatic rings. The molecule has 0 atom stereocenters. The van der Waals surface area contributed by atoms with Crippen LogP contribution in [0.3, 0.4) is 0 Å². The minimum Gasteiger partial charge on any atom is -0.324 e. The lowest BCUT2D eigenvalue weighted by Gasteiger charge is -2.08. The summed E-state index contributed by atoms with van der Waals surface area (Å²) in [7, 11) is 0. The number of carbonyl (C=O) groups is 1. The number of carbonyl (C=O) groups excluding carboxylic acids is 1. The van der Waals surface area contributed by atoms with Gasteiger partial charge in [-0.05, 0) is 42.3 Å². The average Bonchev–Trinajstić information content (AvgIpc) is 2.36. The number of rotatable bonds is 3. The highest BCUT2D eigenvalue weighted by molar-refractivity contribution is 7.80. The molecule has 1 N–H and O–H groups in total. The van der Waals surface area contributed by atoms with E-state index >= 15 is 0 Å². The van der Waals surface area contributed by atoms with Gasteiger partial charge < -0.3 is 5.32 Å². The van der Waals surface area contributed by atoms with Crippen molar-refractivity contribution in [2.45, 2.75) is 18.2 Å². The molecule has 0 fully saturated rings. The van der Waals surface area contributed by atoms with Crippen LogP contribution >= 0.6 is 24.2 Å². The summed E-state index contributed by atoms with van der Waals surface area (Å²) >= 11 is 10.3. The number of nitrogens with one attached hydrogen (secondary N) is 1. The van der Waals surface area contributed by atoms with Gasteiger partial charge in [0.2, 0.25) is 5.91 Å². The van der Waals surface area contributed by atoms with Gasteiger partial charge in [-0.25, -0.2) is 0 Å². The van der Waals surface area contributed by atoms with E-state index in [0.717, 1.165) is 16.0 Å². The number of halogens is 1. The third kappa shape index (κ3) is 4.01. The maximum Gasteiger partial charge on any atom is 0.228 e. The van der Waals surface area contributed by atoms with Crippen molar-refractivity contribution < 1.29 is 4.79 Å². The lowest BCUT2D eigenvalue weighted by Crippen LogP contribution is -2.14. The van der Waals surface area contributed by atoms with E-state index in [1.807, 2.05) is 49.4 Å². The van der Waals surface area contributed by atoms with E-state index in [9.17, 15) is 4.79 Å². The molecule has 0 aliphatic rings.